The number of likely N-dealkylation sites (tertiary alicyclic amines) is 1. The number of hydrogen-bond donors (Lipinski definition) is 1. The fraction of sp³-hybridized carbons (Fsp3) is 0.750. The summed E-state index contributed by atoms with van der Waals surface area (Å²) in [6, 6.07) is -0.924. The van der Waals surface area contributed by atoms with Gasteiger partial charge in [0.05, 0.1) is 0 Å². The van der Waals surface area contributed by atoms with Crippen LogP contribution in [0.15, 0.2) is 0 Å². The van der Waals surface area contributed by atoms with Crippen molar-refractivity contribution in [3.05, 3.63) is 0 Å². The molecule has 0 unspecified atom stereocenters. The van der Waals surface area contributed by atoms with Crippen LogP contribution in [0.4, 0.5) is 4.79 Å². The standard InChI is InChI=1S/C12H19NO5S/c1-7(14)19-8-5-9(10(15)16)13(6-8)11(17)18-12(2,3)4/h8-9H,5-6H2,1-4H3,(H,15,16)/t8-,9+/m1/s1. The molecule has 2 atom stereocenters. The minimum Gasteiger partial charge on any atom is -0.480 e. The molecule has 19 heavy (non-hydrogen) atoms. The van der Waals surface area contributed by atoms with Gasteiger partial charge in [0, 0.05) is 18.7 Å². The highest BCUT2D eigenvalue weighted by Crippen LogP contribution is 2.29. The van der Waals surface area contributed by atoms with Crippen molar-refractivity contribution in [2.24, 2.45) is 0 Å². The van der Waals surface area contributed by atoms with Crippen LogP contribution in [0.2, 0.25) is 0 Å². The Balaban J connectivity index is 2.76. The molecule has 1 fully saturated rings. The molecule has 0 aromatic carbocycles. The molecule has 6 nitrogen and oxygen atoms in total. The van der Waals surface area contributed by atoms with E-state index in [2.05, 4.69) is 0 Å². The van der Waals surface area contributed by atoms with E-state index >= 15 is 0 Å². The smallest absolute Gasteiger partial charge is 0.411 e. The molecule has 0 aromatic heterocycles. The lowest BCUT2D eigenvalue weighted by atomic mass is 10.2. The van der Waals surface area contributed by atoms with Gasteiger partial charge in [0.2, 0.25) is 0 Å². The fourth-order valence-electron chi connectivity index (χ4n) is 1.87. The van der Waals surface area contributed by atoms with Crippen LogP contribution in [0, 0.1) is 0 Å². The lowest BCUT2D eigenvalue weighted by molar-refractivity contribution is -0.142. The minimum atomic E-state index is -1.07. The maximum atomic E-state index is 12.0. The summed E-state index contributed by atoms with van der Waals surface area (Å²) in [6.45, 7) is 6.81. The molecule has 0 bridgehead atoms. The number of ether oxygens (including phenoxy) is 1. The molecule has 1 saturated heterocycles. The van der Waals surface area contributed by atoms with Gasteiger partial charge in [-0.15, -0.1) is 0 Å². The summed E-state index contributed by atoms with van der Waals surface area (Å²) < 4.78 is 5.18. The Morgan fingerprint density at radius 3 is 2.32 bits per heavy atom. The topological polar surface area (TPSA) is 83.9 Å². The van der Waals surface area contributed by atoms with Crippen LogP contribution < -0.4 is 0 Å². The van der Waals surface area contributed by atoms with Gasteiger partial charge in [0.1, 0.15) is 11.6 Å². The van der Waals surface area contributed by atoms with E-state index in [1.165, 1.54) is 11.8 Å². The molecule has 0 saturated carbocycles. The monoisotopic (exact) mass is 289 g/mol. The molecule has 1 rings (SSSR count). The van der Waals surface area contributed by atoms with Gasteiger partial charge >= 0.3 is 12.1 Å². The van der Waals surface area contributed by atoms with Crippen LogP contribution in [0.5, 0.6) is 0 Å². The van der Waals surface area contributed by atoms with E-state index in [1.54, 1.807) is 20.8 Å². The first-order chi connectivity index (χ1) is 8.60. The highest BCUT2D eigenvalue weighted by Gasteiger charge is 2.42. The van der Waals surface area contributed by atoms with Crippen molar-refractivity contribution in [3.63, 3.8) is 0 Å². The third kappa shape index (κ3) is 4.74. The number of rotatable bonds is 2. The van der Waals surface area contributed by atoms with Gasteiger partial charge < -0.3 is 9.84 Å². The van der Waals surface area contributed by atoms with Crippen molar-refractivity contribution in [1.29, 1.82) is 0 Å². The molecular formula is C12H19NO5S. The SMILES string of the molecule is CC(=O)S[C@@H]1C[C@@H](C(=O)O)N(C(=O)OC(C)(C)C)C1. The van der Waals surface area contributed by atoms with Crippen LogP contribution in [-0.4, -0.2) is 50.6 Å². The van der Waals surface area contributed by atoms with E-state index in [4.69, 9.17) is 9.84 Å². The van der Waals surface area contributed by atoms with Crippen LogP contribution in [0.1, 0.15) is 34.1 Å². The average molecular weight is 289 g/mol. The Bertz CT molecular complexity index is 390. The Kier molecular flexibility index (Phi) is 4.84. The van der Waals surface area contributed by atoms with Crippen LogP contribution in [0.25, 0.3) is 0 Å². The Hall–Kier alpha value is -1.24. The molecule has 108 valence electrons. The number of carboxylic acid groups (broad SMARTS) is 1. The summed E-state index contributed by atoms with van der Waals surface area (Å²) in [7, 11) is 0. The summed E-state index contributed by atoms with van der Waals surface area (Å²) in [6.07, 6.45) is -0.384. The summed E-state index contributed by atoms with van der Waals surface area (Å²) in [5.74, 6) is -1.07. The molecule has 0 spiro atoms. The van der Waals surface area contributed by atoms with Crippen molar-refractivity contribution < 1.29 is 24.2 Å². The molecule has 1 N–H and O–H groups in total. The number of carboxylic acids is 1. The fourth-order valence-corrected chi connectivity index (χ4v) is 2.86. The number of amides is 1. The minimum absolute atomic E-state index is 0.0832. The largest absolute Gasteiger partial charge is 0.480 e. The highest BCUT2D eigenvalue weighted by molar-refractivity contribution is 8.14. The molecule has 0 aliphatic carbocycles. The maximum Gasteiger partial charge on any atom is 0.411 e. The lowest BCUT2D eigenvalue weighted by Gasteiger charge is -2.26. The van der Waals surface area contributed by atoms with Crippen LogP contribution in [0.3, 0.4) is 0 Å². The second-order valence-electron chi connectivity index (χ2n) is 5.45. The van der Waals surface area contributed by atoms with Crippen LogP contribution >= 0.6 is 11.8 Å². The zero-order valence-electron chi connectivity index (χ0n) is 11.5. The van der Waals surface area contributed by atoms with Crippen molar-refractivity contribution in [3.8, 4) is 0 Å². The van der Waals surface area contributed by atoms with Crippen molar-refractivity contribution in [1.82, 2.24) is 4.90 Å². The number of carbonyl (C=O) groups excluding carboxylic acids is 2. The number of hydrogen-bond acceptors (Lipinski definition) is 5. The van der Waals surface area contributed by atoms with Crippen molar-refractivity contribution in [2.45, 2.75) is 51.0 Å². The number of carbonyl (C=O) groups is 3. The van der Waals surface area contributed by atoms with Crippen molar-refractivity contribution in [2.75, 3.05) is 6.54 Å². The average Bonchev–Trinajstić information content (AvgIpc) is 2.57. The number of aliphatic carboxylic acids is 1. The summed E-state index contributed by atoms with van der Waals surface area (Å²) >= 11 is 1.07. The zero-order chi connectivity index (χ0) is 14.8. The normalized spacial score (nSPS) is 23.3. The molecule has 1 aliphatic rings. The second-order valence-corrected chi connectivity index (χ2v) is 6.93. The van der Waals surface area contributed by atoms with E-state index in [1.807, 2.05) is 0 Å². The highest BCUT2D eigenvalue weighted by atomic mass is 32.2. The van der Waals surface area contributed by atoms with Crippen molar-refractivity contribution >= 4 is 28.9 Å². The third-order valence-electron chi connectivity index (χ3n) is 2.51. The zero-order valence-corrected chi connectivity index (χ0v) is 12.3. The van der Waals surface area contributed by atoms with Gasteiger partial charge in [0.15, 0.2) is 5.12 Å². The number of thioether (sulfide) groups is 1. The van der Waals surface area contributed by atoms with Gasteiger partial charge in [-0.05, 0) is 27.2 Å². The predicted molar refractivity (Wildman–Crippen MR) is 71.0 cm³/mol. The van der Waals surface area contributed by atoms with E-state index in [9.17, 15) is 14.4 Å². The predicted octanol–water partition coefficient (Wildman–Crippen LogP) is 1.73. The first kappa shape index (κ1) is 15.8. The Morgan fingerprint density at radius 1 is 1.32 bits per heavy atom. The first-order valence-corrected chi connectivity index (χ1v) is 6.88. The van der Waals surface area contributed by atoms with Crippen LogP contribution in [-0.2, 0) is 14.3 Å². The van der Waals surface area contributed by atoms with Gasteiger partial charge in [-0.25, -0.2) is 9.59 Å². The molecule has 0 radical (unpaired) electrons. The molecule has 7 heteroatoms. The lowest BCUT2D eigenvalue weighted by Crippen LogP contribution is -2.43. The van der Waals surface area contributed by atoms with Gasteiger partial charge in [-0.1, -0.05) is 11.8 Å². The molecular weight excluding hydrogens is 270 g/mol. The molecule has 1 amide bonds. The Morgan fingerprint density at radius 2 is 1.89 bits per heavy atom. The summed E-state index contributed by atoms with van der Waals surface area (Å²) in [5.41, 5.74) is -0.675. The number of nitrogens with zero attached hydrogens (tertiary/aromatic N) is 1. The van der Waals surface area contributed by atoms with Gasteiger partial charge in [-0.3, -0.25) is 9.69 Å². The molecule has 0 aromatic rings. The summed E-state index contributed by atoms with van der Waals surface area (Å²) in [4.78, 5) is 35.4. The first-order valence-electron chi connectivity index (χ1n) is 6.00. The van der Waals surface area contributed by atoms with E-state index < -0.39 is 23.7 Å². The second kappa shape index (κ2) is 5.81. The third-order valence-corrected chi connectivity index (χ3v) is 3.52. The quantitative estimate of drug-likeness (QED) is 0.833. The maximum absolute atomic E-state index is 12.0. The molecule has 1 aliphatic heterocycles. The molecule has 1 heterocycles. The summed E-state index contributed by atoms with van der Waals surface area (Å²) in [5, 5.41) is 8.87. The van der Waals surface area contributed by atoms with E-state index in [-0.39, 0.29) is 23.3 Å². The van der Waals surface area contributed by atoms with Gasteiger partial charge in [0.25, 0.3) is 0 Å². The van der Waals surface area contributed by atoms with Gasteiger partial charge in [-0.2, -0.15) is 0 Å². The van der Waals surface area contributed by atoms with E-state index in [0.29, 0.717) is 0 Å². The Labute approximate surface area is 116 Å². The van der Waals surface area contributed by atoms with E-state index in [0.717, 1.165) is 11.8 Å².